The standard InChI is InChI=1S/C13H14BrNS/c1-9-3-4-11(15-8-9)7-12(14)13-10(2)5-6-16-13/h3-6,8,12H,7H2,1-2H3. The molecule has 16 heavy (non-hydrogen) atoms. The third-order valence-corrected chi connectivity index (χ3v) is 4.76. The summed E-state index contributed by atoms with van der Waals surface area (Å²) in [7, 11) is 0. The van der Waals surface area contributed by atoms with Crippen molar-refractivity contribution in [1.29, 1.82) is 0 Å². The summed E-state index contributed by atoms with van der Waals surface area (Å²) >= 11 is 5.55. The van der Waals surface area contributed by atoms with Gasteiger partial charge < -0.3 is 0 Å². The number of nitrogens with zero attached hydrogens (tertiary/aromatic N) is 1. The van der Waals surface area contributed by atoms with Gasteiger partial charge in [0.05, 0.1) is 4.83 Å². The molecule has 1 atom stereocenters. The van der Waals surface area contributed by atoms with E-state index in [-0.39, 0.29) is 0 Å². The minimum Gasteiger partial charge on any atom is -0.261 e. The SMILES string of the molecule is Cc1ccc(CC(Br)c2sccc2C)nc1. The van der Waals surface area contributed by atoms with Gasteiger partial charge >= 0.3 is 0 Å². The summed E-state index contributed by atoms with van der Waals surface area (Å²) < 4.78 is 0. The molecule has 0 amide bonds. The van der Waals surface area contributed by atoms with Gasteiger partial charge in [0.2, 0.25) is 0 Å². The van der Waals surface area contributed by atoms with E-state index in [0.29, 0.717) is 4.83 Å². The van der Waals surface area contributed by atoms with E-state index >= 15 is 0 Å². The number of hydrogen-bond acceptors (Lipinski definition) is 2. The van der Waals surface area contributed by atoms with E-state index in [9.17, 15) is 0 Å². The van der Waals surface area contributed by atoms with Crippen molar-refractivity contribution in [1.82, 2.24) is 4.98 Å². The van der Waals surface area contributed by atoms with Crippen LogP contribution in [-0.4, -0.2) is 4.98 Å². The Bertz CT molecular complexity index is 461. The van der Waals surface area contributed by atoms with Crippen LogP contribution in [0.25, 0.3) is 0 Å². The van der Waals surface area contributed by atoms with Crippen molar-refractivity contribution >= 4 is 27.3 Å². The van der Waals surface area contributed by atoms with Gasteiger partial charge in [0, 0.05) is 23.2 Å². The van der Waals surface area contributed by atoms with E-state index in [1.54, 1.807) is 11.3 Å². The number of alkyl halides is 1. The van der Waals surface area contributed by atoms with Crippen LogP contribution in [0, 0.1) is 13.8 Å². The van der Waals surface area contributed by atoms with Crippen LogP contribution in [0.2, 0.25) is 0 Å². The summed E-state index contributed by atoms with van der Waals surface area (Å²) in [6.07, 6.45) is 2.87. The summed E-state index contributed by atoms with van der Waals surface area (Å²) in [5.41, 5.74) is 3.71. The van der Waals surface area contributed by atoms with Crippen LogP contribution in [0.4, 0.5) is 0 Å². The van der Waals surface area contributed by atoms with Crippen molar-refractivity contribution in [2.24, 2.45) is 0 Å². The van der Waals surface area contributed by atoms with E-state index in [1.807, 2.05) is 6.20 Å². The fourth-order valence-electron chi connectivity index (χ4n) is 1.60. The van der Waals surface area contributed by atoms with Gasteiger partial charge in [-0.25, -0.2) is 0 Å². The van der Waals surface area contributed by atoms with Crippen molar-refractivity contribution in [2.45, 2.75) is 25.1 Å². The maximum absolute atomic E-state index is 4.43. The van der Waals surface area contributed by atoms with Gasteiger partial charge in [0.15, 0.2) is 0 Å². The molecule has 0 bridgehead atoms. The lowest BCUT2D eigenvalue weighted by molar-refractivity contribution is 0.911. The molecule has 2 aromatic rings. The monoisotopic (exact) mass is 295 g/mol. The molecule has 2 heterocycles. The number of aryl methyl sites for hydroxylation is 2. The van der Waals surface area contributed by atoms with Crippen LogP contribution >= 0.6 is 27.3 Å². The Hall–Kier alpha value is -0.670. The first kappa shape index (κ1) is 11.8. The lowest BCUT2D eigenvalue weighted by Gasteiger charge is -2.08. The molecule has 1 nitrogen and oxygen atoms in total. The first-order valence-corrected chi connectivity index (χ1v) is 7.06. The van der Waals surface area contributed by atoms with Gasteiger partial charge in [-0.15, -0.1) is 11.3 Å². The summed E-state index contributed by atoms with van der Waals surface area (Å²) in [5, 5.41) is 2.14. The maximum atomic E-state index is 4.43. The number of aromatic nitrogens is 1. The highest BCUT2D eigenvalue weighted by atomic mass is 79.9. The topological polar surface area (TPSA) is 12.9 Å². The molecule has 0 fully saturated rings. The molecule has 0 spiro atoms. The molecule has 0 aliphatic rings. The van der Waals surface area contributed by atoms with Crippen molar-refractivity contribution in [3.63, 3.8) is 0 Å². The molecule has 1 unspecified atom stereocenters. The predicted molar refractivity (Wildman–Crippen MR) is 73.4 cm³/mol. The Balaban J connectivity index is 2.10. The van der Waals surface area contributed by atoms with Gasteiger partial charge in [-0.1, -0.05) is 22.0 Å². The maximum Gasteiger partial charge on any atom is 0.0547 e. The Morgan fingerprint density at radius 2 is 2.12 bits per heavy atom. The van der Waals surface area contributed by atoms with Crippen LogP contribution in [0.1, 0.15) is 26.5 Å². The number of thiophene rings is 1. The zero-order valence-electron chi connectivity index (χ0n) is 9.40. The van der Waals surface area contributed by atoms with E-state index in [4.69, 9.17) is 0 Å². The van der Waals surface area contributed by atoms with Crippen LogP contribution in [0.5, 0.6) is 0 Å². The Morgan fingerprint density at radius 1 is 1.31 bits per heavy atom. The molecule has 0 saturated heterocycles. The van der Waals surface area contributed by atoms with Gasteiger partial charge in [-0.05, 0) is 42.5 Å². The van der Waals surface area contributed by atoms with Crippen LogP contribution in [0.15, 0.2) is 29.8 Å². The average molecular weight is 296 g/mol. The van der Waals surface area contributed by atoms with Crippen LogP contribution in [-0.2, 0) is 6.42 Å². The Labute approximate surface area is 109 Å². The highest BCUT2D eigenvalue weighted by Crippen LogP contribution is 2.32. The first-order chi connectivity index (χ1) is 7.66. The number of pyridine rings is 1. The van der Waals surface area contributed by atoms with Crippen molar-refractivity contribution in [2.75, 3.05) is 0 Å². The number of hydrogen-bond donors (Lipinski definition) is 0. The van der Waals surface area contributed by atoms with E-state index in [1.165, 1.54) is 16.0 Å². The van der Waals surface area contributed by atoms with Crippen molar-refractivity contribution in [3.8, 4) is 0 Å². The zero-order valence-corrected chi connectivity index (χ0v) is 11.8. The molecule has 0 aromatic carbocycles. The lowest BCUT2D eigenvalue weighted by atomic mass is 10.1. The molecule has 2 aromatic heterocycles. The number of rotatable bonds is 3. The second-order valence-electron chi connectivity index (χ2n) is 3.97. The third kappa shape index (κ3) is 2.71. The molecule has 0 aliphatic heterocycles. The molecule has 84 valence electrons. The summed E-state index contributed by atoms with van der Waals surface area (Å²) in [5.74, 6) is 0. The smallest absolute Gasteiger partial charge is 0.0547 e. The highest BCUT2D eigenvalue weighted by molar-refractivity contribution is 9.09. The lowest BCUT2D eigenvalue weighted by Crippen LogP contribution is -1.97. The van der Waals surface area contributed by atoms with Crippen molar-refractivity contribution < 1.29 is 0 Å². The minimum atomic E-state index is 0.378. The van der Waals surface area contributed by atoms with Gasteiger partial charge in [-0.2, -0.15) is 0 Å². The average Bonchev–Trinajstić information content (AvgIpc) is 2.68. The molecule has 0 radical (unpaired) electrons. The first-order valence-electron chi connectivity index (χ1n) is 5.26. The molecule has 0 saturated carbocycles. The number of halogens is 1. The van der Waals surface area contributed by atoms with E-state index < -0.39 is 0 Å². The van der Waals surface area contributed by atoms with E-state index in [0.717, 1.165) is 12.1 Å². The summed E-state index contributed by atoms with van der Waals surface area (Å²) in [6, 6.07) is 6.38. The molecular weight excluding hydrogens is 282 g/mol. The molecular formula is C13H14BrNS. The minimum absolute atomic E-state index is 0.378. The largest absolute Gasteiger partial charge is 0.261 e. The fourth-order valence-corrected chi connectivity index (χ4v) is 3.52. The molecule has 0 aliphatic carbocycles. The second kappa shape index (κ2) is 5.11. The third-order valence-electron chi connectivity index (χ3n) is 2.55. The zero-order chi connectivity index (χ0) is 11.5. The van der Waals surface area contributed by atoms with Gasteiger partial charge in [0.1, 0.15) is 0 Å². The quantitative estimate of drug-likeness (QED) is 0.763. The predicted octanol–water partition coefficient (Wildman–Crippen LogP) is 4.44. The fraction of sp³-hybridized carbons (Fsp3) is 0.308. The van der Waals surface area contributed by atoms with Crippen LogP contribution in [0.3, 0.4) is 0 Å². The Kier molecular flexibility index (Phi) is 3.77. The normalized spacial score (nSPS) is 12.7. The van der Waals surface area contributed by atoms with Crippen LogP contribution < -0.4 is 0 Å². The van der Waals surface area contributed by atoms with Gasteiger partial charge in [-0.3, -0.25) is 4.98 Å². The molecule has 2 rings (SSSR count). The summed E-state index contributed by atoms with van der Waals surface area (Å²) in [4.78, 5) is 6.21. The second-order valence-corrected chi connectivity index (χ2v) is 6.02. The molecule has 3 heteroatoms. The Morgan fingerprint density at radius 3 is 2.69 bits per heavy atom. The summed E-state index contributed by atoms with van der Waals surface area (Å²) in [6.45, 7) is 4.22. The van der Waals surface area contributed by atoms with E-state index in [2.05, 4.69) is 58.3 Å². The van der Waals surface area contributed by atoms with Crippen molar-refractivity contribution in [3.05, 3.63) is 51.5 Å². The highest BCUT2D eigenvalue weighted by Gasteiger charge is 2.12. The molecule has 0 N–H and O–H groups in total. The van der Waals surface area contributed by atoms with Gasteiger partial charge in [0.25, 0.3) is 0 Å².